The first-order valence-electron chi connectivity index (χ1n) is 5.87. The van der Waals surface area contributed by atoms with E-state index in [9.17, 15) is 4.79 Å². The lowest BCUT2D eigenvalue weighted by Gasteiger charge is -2.22. The Balaban J connectivity index is 2.29. The maximum atomic E-state index is 10.8. The average Bonchev–Trinajstić information content (AvgIpc) is 2.61. The minimum atomic E-state index is -0.725. The van der Waals surface area contributed by atoms with E-state index < -0.39 is 5.97 Å². The number of aromatic nitrogens is 2. The smallest absolute Gasteiger partial charge is 0.304 e. The molecule has 1 heterocycles. The molecule has 2 rings (SSSR count). The van der Waals surface area contributed by atoms with Gasteiger partial charge in [0.1, 0.15) is 0 Å². The van der Waals surface area contributed by atoms with Crippen LogP contribution in [0.15, 0.2) is 6.33 Å². The highest BCUT2D eigenvalue weighted by Crippen LogP contribution is 2.33. The molecule has 1 unspecified atom stereocenters. The Morgan fingerprint density at radius 3 is 3.06 bits per heavy atom. The van der Waals surface area contributed by atoms with Crippen molar-refractivity contribution < 1.29 is 9.90 Å². The number of carboxylic acids is 1. The van der Waals surface area contributed by atoms with E-state index in [4.69, 9.17) is 5.11 Å². The molecule has 0 saturated carbocycles. The molecule has 0 saturated heterocycles. The van der Waals surface area contributed by atoms with Crippen molar-refractivity contribution in [2.24, 2.45) is 0 Å². The molecular weight excluding hydrogens is 204 g/mol. The van der Waals surface area contributed by atoms with Gasteiger partial charge in [-0.1, -0.05) is 0 Å². The second-order valence-corrected chi connectivity index (χ2v) is 4.76. The van der Waals surface area contributed by atoms with E-state index in [2.05, 4.69) is 23.4 Å². The molecule has 1 atom stereocenters. The summed E-state index contributed by atoms with van der Waals surface area (Å²) in [6, 6.07) is 0.403. The molecule has 0 amide bonds. The number of imidazole rings is 1. The van der Waals surface area contributed by atoms with Gasteiger partial charge in [-0.25, -0.2) is 4.98 Å². The maximum Gasteiger partial charge on any atom is 0.304 e. The molecule has 1 aromatic heterocycles. The number of carboxylic acid groups (broad SMARTS) is 1. The fourth-order valence-electron chi connectivity index (χ4n) is 2.51. The summed E-state index contributed by atoms with van der Waals surface area (Å²) in [5, 5.41) is 8.87. The van der Waals surface area contributed by atoms with E-state index in [1.807, 2.05) is 6.33 Å². The first kappa shape index (κ1) is 11.2. The fourth-order valence-corrected chi connectivity index (χ4v) is 2.51. The van der Waals surface area contributed by atoms with Crippen molar-refractivity contribution in [2.45, 2.75) is 51.5 Å². The van der Waals surface area contributed by atoms with Crippen LogP contribution in [0.1, 0.15) is 56.5 Å². The highest BCUT2D eigenvalue weighted by atomic mass is 16.4. The van der Waals surface area contributed by atoms with Gasteiger partial charge in [-0.2, -0.15) is 0 Å². The Hall–Kier alpha value is -1.32. The minimum absolute atomic E-state index is 0.112. The molecule has 0 aromatic carbocycles. The van der Waals surface area contributed by atoms with Gasteiger partial charge in [-0.05, 0) is 33.1 Å². The molecule has 0 fully saturated rings. The fraction of sp³-hybridized carbons (Fsp3) is 0.667. The van der Waals surface area contributed by atoms with E-state index in [0.29, 0.717) is 6.04 Å². The zero-order chi connectivity index (χ0) is 11.7. The van der Waals surface area contributed by atoms with E-state index in [-0.39, 0.29) is 12.3 Å². The summed E-state index contributed by atoms with van der Waals surface area (Å²) in [7, 11) is 0. The van der Waals surface area contributed by atoms with E-state index >= 15 is 0 Å². The van der Waals surface area contributed by atoms with Crippen LogP contribution in [0.4, 0.5) is 0 Å². The van der Waals surface area contributed by atoms with Crippen molar-refractivity contribution in [1.29, 1.82) is 0 Å². The van der Waals surface area contributed by atoms with Gasteiger partial charge in [0.05, 0.1) is 18.4 Å². The highest BCUT2D eigenvalue weighted by molar-refractivity contribution is 5.68. The van der Waals surface area contributed by atoms with Gasteiger partial charge in [0, 0.05) is 17.7 Å². The second-order valence-electron chi connectivity index (χ2n) is 4.76. The van der Waals surface area contributed by atoms with Crippen LogP contribution in [0.25, 0.3) is 0 Å². The Bertz CT molecular complexity index is 396. The standard InChI is InChI=1S/C12H18N2O2/c1-8(2)14-7-13-12-9(6-11(15)16)4-3-5-10(12)14/h7-9H,3-6H2,1-2H3,(H,15,16). The molecule has 16 heavy (non-hydrogen) atoms. The van der Waals surface area contributed by atoms with E-state index in [0.717, 1.165) is 25.0 Å². The Morgan fingerprint density at radius 1 is 1.69 bits per heavy atom. The maximum absolute atomic E-state index is 10.8. The van der Waals surface area contributed by atoms with Gasteiger partial charge >= 0.3 is 5.97 Å². The van der Waals surface area contributed by atoms with Crippen molar-refractivity contribution in [1.82, 2.24) is 9.55 Å². The lowest BCUT2D eigenvalue weighted by Crippen LogP contribution is -2.16. The predicted octanol–water partition coefficient (Wildman–Crippen LogP) is 2.36. The van der Waals surface area contributed by atoms with Crippen molar-refractivity contribution in [3.63, 3.8) is 0 Å². The van der Waals surface area contributed by atoms with E-state index in [1.54, 1.807) is 0 Å². The van der Waals surface area contributed by atoms with Crippen LogP contribution in [0, 0.1) is 0 Å². The zero-order valence-electron chi connectivity index (χ0n) is 9.81. The molecule has 0 aliphatic heterocycles. The molecule has 1 N–H and O–H groups in total. The van der Waals surface area contributed by atoms with Gasteiger partial charge in [-0.3, -0.25) is 4.79 Å². The van der Waals surface area contributed by atoms with Crippen molar-refractivity contribution >= 4 is 5.97 Å². The molecule has 1 aliphatic carbocycles. The summed E-state index contributed by atoms with van der Waals surface area (Å²) >= 11 is 0. The Morgan fingerprint density at radius 2 is 2.44 bits per heavy atom. The van der Waals surface area contributed by atoms with Crippen LogP contribution in [0.5, 0.6) is 0 Å². The van der Waals surface area contributed by atoms with Gasteiger partial charge < -0.3 is 9.67 Å². The first-order valence-corrected chi connectivity index (χ1v) is 5.87. The van der Waals surface area contributed by atoms with Crippen LogP contribution in [-0.4, -0.2) is 20.6 Å². The van der Waals surface area contributed by atoms with Crippen molar-refractivity contribution in [2.75, 3.05) is 0 Å². The van der Waals surface area contributed by atoms with Gasteiger partial charge in [0.15, 0.2) is 0 Å². The summed E-state index contributed by atoms with van der Waals surface area (Å²) in [6.07, 6.45) is 5.12. The minimum Gasteiger partial charge on any atom is -0.481 e. The zero-order valence-corrected chi connectivity index (χ0v) is 9.81. The lowest BCUT2D eigenvalue weighted by atomic mass is 9.87. The van der Waals surface area contributed by atoms with Gasteiger partial charge in [0.25, 0.3) is 0 Å². The number of fused-ring (bicyclic) bond motifs is 1. The summed E-state index contributed by atoms with van der Waals surface area (Å²) in [6.45, 7) is 4.26. The first-order chi connectivity index (χ1) is 7.59. The monoisotopic (exact) mass is 222 g/mol. The van der Waals surface area contributed by atoms with Crippen LogP contribution < -0.4 is 0 Å². The van der Waals surface area contributed by atoms with Crippen molar-refractivity contribution in [3.05, 3.63) is 17.7 Å². The SMILES string of the molecule is CC(C)n1cnc2c1CCCC2CC(=O)O. The van der Waals surface area contributed by atoms with Crippen LogP contribution in [0.2, 0.25) is 0 Å². The molecule has 88 valence electrons. The van der Waals surface area contributed by atoms with Crippen LogP contribution in [-0.2, 0) is 11.2 Å². The number of hydrogen-bond acceptors (Lipinski definition) is 2. The van der Waals surface area contributed by atoms with Crippen LogP contribution in [0.3, 0.4) is 0 Å². The average molecular weight is 222 g/mol. The van der Waals surface area contributed by atoms with Gasteiger partial charge in [0.2, 0.25) is 0 Å². The second kappa shape index (κ2) is 4.28. The summed E-state index contributed by atoms with van der Waals surface area (Å²) in [5.74, 6) is -0.613. The Kier molecular flexibility index (Phi) is 2.99. The molecule has 1 aliphatic rings. The van der Waals surface area contributed by atoms with Crippen LogP contribution >= 0.6 is 0 Å². The number of nitrogens with zero attached hydrogens (tertiary/aromatic N) is 2. The summed E-state index contributed by atoms with van der Waals surface area (Å²) in [5.41, 5.74) is 2.26. The third-order valence-electron chi connectivity index (χ3n) is 3.26. The number of carbonyl (C=O) groups is 1. The molecule has 0 spiro atoms. The molecule has 0 bridgehead atoms. The summed E-state index contributed by atoms with van der Waals surface area (Å²) in [4.78, 5) is 15.2. The predicted molar refractivity (Wildman–Crippen MR) is 60.5 cm³/mol. The molecule has 1 aromatic rings. The number of aliphatic carboxylic acids is 1. The largest absolute Gasteiger partial charge is 0.481 e. The van der Waals surface area contributed by atoms with Gasteiger partial charge in [-0.15, -0.1) is 0 Å². The quantitative estimate of drug-likeness (QED) is 0.854. The molecule has 4 nitrogen and oxygen atoms in total. The number of hydrogen-bond donors (Lipinski definition) is 1. The molecule has 0 radical (unpaired) electrons. The third kappa shape index (κ3) is 1.96. The lowest BCUT2D eigenvalue weighted by molar-refractivity contribution is -0.137. The Labute approximate surface area is 95.3 Å². The third-order valence-corrected chi connectivity index (χ3v) is 3.26. The highest BCUT2D eigenvalue weighted by Gasteiger charge is 2.26. The summed E-state index contributed by atoms with van der Waals surface area (Å²) < 4.78 is 2.17. The molecular formula is C12H18N2O2. The van der Waals surface area contributed by atoms with E-state index in [1.165, 1.54) is 5.69 Å². The topological polar surface area (TPSA) is 55.1 Å². The van der Waals surface area contributed by atoms with Crippen molar-refractivity contribution in [3.8, 4) is 0 Å². The normalized spacial score (nSPS) is 19.8. The molecule has 4 heteroatoms. The number of rotatable bonds is 3.